The Balaban J connectivity index is 2.17. The maximum Gasteiger partial charge on any atom is 0.330 e. The monoisotopic (exact) mass is 198 g/mol. The summed E-state index contributed by atoms with van der Waals surface area (Å²) in [5.74, 6) is -0.802. The molecule has 0 aromatic rings. The summed E-state index contributed by atoms with van der Waals surface area (Å²) < 4.78 is 0. The van der Waals surface area contributed by atoms with Crippen LogP contribution in [0.3, 0.4) is 0 Å². The number of carboxylic acids is 1. The SMILES string of the molecule is C=C(C[SiH2]C1CCCCC1)C(=O)O. The molecule has 0 heterocycles. The van der Waals surface area contributed by atoms with Gasteiger partial charge in [0.1, 0.15) is 0 Å². The van der Waals surface area contributed by atoms with Crippen molar-refractivity contribution >= 4 is 15.5 Å². The number of carboxylic acid groups (broad SMARTS) is 1. The second kappa shape index (κ2) is 5.22. The minimum atomic E-state index is -0.802. The van der Waals surface area contributed by atoms with Gasteiger partial charge in [-0.3, -0.25) is 0 Å². The van der Waals surface area contributed by atoms with Gasteiger partial charge in [-0.25, -0.2) is 4.79 Å². The molecule has 0 radical (unpaired) electrons. The summed E-state index contributed by atoms with van der Waals surface area (Å²) in [7, 11) is -0.205. The molecule has 2 nitrogen and oxygen atoms in total. The number of rotatable bonds is 4. The average molecular weight is 198 g/mol. The van der Waals surface area contributed by atoms with Crippen molar-refractivity contribution in [2.75, 3.05) is 0 Å². The van der Waals surface area contributed by atoms with E-state index in [0.717, 1.165) is 11.6 Å². The van der Waals surface area contributed by atoms with Crippen LogP contribution in [0, 0.1) is 0 Å². The average Bonchev–Trinajstić information content (AvgIpc) is 2.15. The van der Waals surface area contributed by atoms with Gasteiger partial charge in [0.05, 0.1) is 0 Å². The highest BCUT2D eigenvalue weighted by Crippen LogP contribution is 2.28. The largest absolute Gasteiger partial charge is 0.478 e. The van der Waals surface area contributed by atoms with Gasteiger partial charge in [0.25, 0.3) is 0 Å². The molecular formula is C10H18O2Si. The maximum atomic E-state index is 10.5. The molecule has 0 spiro atoms. The van der Waals surface area contributed by atoms with E-state index in [1.807, 2.05) is 0 Å². The van der Waals surface area contributed by atoms with Gasteiger partial charge in [0.2, 0.25) is 0 Å². The predicted octanol–water partition coefficient (Wildman–Crippen LogP) is 1.97. The van der Waals surface area contributed by atoms with E-state index in [-0.39, 0.29) is 9.52 Å². The first-order chi connectivity index (χ1) is 6.20. The molecule has 1 aliphatic rings. The van der Waals surface area contributed by atoms with Crippen LogP contribution < -0.4 is 0 Å². The first kappa shape index (κ1) is 10.5. The van der Waals surface area contributed by atoms with Gasteiger partial charge in [-0.1, -0.05) is 44.2 Å². The third-order valence-electron chi connectivity index (χ3n) is 2.88. The third-order valence-corrected chi connectivity index (χ3v) is 5.41. The Bertz CT molecular complexity index is 195. The van der Waals surface area contributed by atoms with Gasteiger partial charge in [-0.15, -0.1) is 0 Å². The maximum absolute atomic E-state index is 10.5. The van der Waals surface area contributed by atoms with Gasteiger partial charge in [-0.05, 0) is 6.04 Å². The smallest absolute Gasteiger partial charge is 0.330 e. The molecule has 1 saturated carbocycles. The molecule has 0 aromatic heterocycles. The quantitative estimate of drug-likeness (QED) is 0.554. The van der Waals surface area contributed by atoms with Crippen molar-refractivity contribution in [3.05, 3.63) is 12.2 Å². The molecule has 0 saturated heterocycles. The van der Waals surface area contributed by atoms with E-state index in [2.05, 4.69) is 6.58 Å². The molecule has 3 heteroatoms. The Morgan fingerprint density at radius 1 is 1.38 bits per heavy atom. The predicted molar refractivity (Wildman–Crippen MR) is 57.0 cm³/mol. The second-order valence-electron chi connectivity index (χ2n) is 3.95. The van der Waals surface area contributed by atoms with Crippen LogP contribution in [0.25, 0.3) is 0 Å². The third kappa shape index (κ3) is 3.76. The molecule has 1 rings (SSSR count). The summed E-state index contributed by atoms with van der Waals surface area (Å²) in [5.41, 5.74) is 1.32. The van der Waals surface area contributed by atoms with Crippen LogP contribution in [0.15, 0.2) is 12.2 Å². The Hall–Kier alpha value is -0.573. The normalized spacial score (nSPS) is 19.4. The summed E-state index contributed by atoms with van der Waals surface area (Å²) in [6.45, 7) is 3.57. The zero-order valence-electron chi connectivity index (χ0n) is 8.09. The molecule has 1 fully saturated rings. The Morgan fingerprint density at radius 2 is 2.00 bits per heavy atom. The van der Waals surface area contributed by atoms with Gasteiger partial charge in [0.15, 0.2) is 0 Å². The van der Waals surface area contributed by atoms with Crippen molar-refractivity contribution < 1.29 is 9.90 Å². The summed E-state index contributed by atoms with van der Waals surface area (Å²) in [6.07, 6.45) is 6.79. The molecule has 1 N–H and O–H groups in total. The fourth-order valence-corrected chi connectivity index (χ4v) is 4.09. The van der Waals surface area contributed by atoms with Crippen molar-refractivity contribution in [1.82, 2.24) is 0 Å². The van der Waals surface area contributed by atoms with Crippen LogP contribution in [-0.2, 0) is 4.79 Å². The van der Waals surface area contributed by atoms with Gasteiger partial charge in [0, 0.05) is 15.1 Å². The lowest BCUT2D eigenvalue weighted by Crippen LogP contribution is -2.10. The topological polar surface area (TPSA) is 37.3 Å². The zero-order valence-corrected chi connectivity index (χ0v) is 9.50. The van der Waals surface area contributed by atoms with Gasteiger partial charge < -0.3 is 5.11 Å². The highest BCUT2D eigenvalue weighted by Gasteiger charge is 2.15. The summed E-state index contributed by atoms with van der Waals surface area (Å²) in [6, 6.07) is 0.806. The Labute approximate surface area is 81.9 Å². The van der Waals surface area contributed by atoms with E-state index in [4.69, 9.17) is 5.11 Å². The molecule has 0 aliphatic heterocycles. The van der Waals surface area contributed by atoms with E-state index in [9.17, 15) is 4.79 Å². The Morgan fingerprint density at radius 3 is 2.54 bits per heavy atom. The molecule has 1 aliphatic carbocycles. The van der Waals surface area contributed by atoms with Crippen LogP contribution in [0.5, 0.6) is 0 Å². The van der Waals surface area contributed by atoms with E-state index < -0.39 is 5.97 Å². The lowest BCUT2D eigenvalue weighted by molar-refractivity contribution is -0.132. The second-order valence-corrected chi connectivity index (χ2v) is 6.18. The first-order valence-corrected chi connectivity index (χ1v) is 6.93. The number of aliphatic carboxylic acids is 1. The first-order valence-electron chi connectivity index (χ1n) is 5.11. The minimum Gasteiger partial charge on any atom is -0.478 e. The molecule has 0 amide bonds. The number of hydrogen-bond acceptors (Lipinski definition) is 1. The van der Waals surface area contributed by atoms with E-state index in [1.165, 1.54) is 32.1 Å². The van der Waals surface area contributed by atoms with Crippen molar-refractivity contribution in [2.24, 2.45) is 0 Å². The lowest BCUT2D eigenvalue weighted by atomic mass is 10.0. The van der Waals surface area contributed by atoms with Crippen LogP contribution in [0.2, 0.25) is 11.6 Å². The Kier molecular flexibility index (Phi) is 4.22. The molecule has 74 valence electrons. The highest BCUT2D eigenvalue weighted by molar-refractivity contribution is 6.39. The molecule has 0 bridgehead atoms. The van der Waals surface area contributed by atoms with Gasteiger partial charge in [-0.2, -0.15) is 0 Å². The molecule has 0 atom stereocenters. The van der Waals surface area contributed by atoms with Crippen LogP contribution in [0.4, 0.5) is 0 Å². The lowest BCUT2D eigenvalue weighted by Gasteiger charge is -2.20. The summed E-state index contributed by atoms with van der Waals surface area (Å²) >= 11 is 0. The molecule has 0 unspecified atom stereocenters. The number of hydrogen-bond donors (Lipinski definition) is 1. The van der Waals surface area contributed by atoms with Crippen LogP contribution in [0.1, 0.15) is 32.1 Å². The molecule has 0 aromatic carbocycles. The van der Waals surface area contributed by atoms with E-state index >= 15 is 0 Å². The highest BCUT2D eigenvalue weighted by atomic mass is 28.2. The fraction of sp³-hybridized carbons (Fsp3) is 0.700. The van der Waals surface area contributed by atoms with Crippen LogP contribution in [-0.4, -0.2) is 20.6 Å². The fourth-order valence-electron chi connectivity index (χ4n) is 1.96. The molecule has 13 heavy (non-hydrogen) atoms. The zero-order chi connectivity index (χ0) is 9.68. The summed E-state index contributed by atoms with van der Waals surface area (Å²) in [5, 5.41) is 8.63. The summed E-state index contributed by atoms with van der Waals surface area (Å²) in [4.78, 5) is 10.5. The van der Waals surface area contributed by atoms with Crippen molar-refractivity contribution in [2.45, 2.75) is 43.7 Å². The van der Waals surface area contributed by atoms with E-state index in [0.29, 0.717) is 5.57 Å². The number of carbonyl (C=O) groups is 1. The van der Waals surface area contributed by atoms with Crippen LogP contribution >= 0.6 is 0 Å². The molecular weight excluding hydrogens is 180 g/mol. The van der Waals surface area contributed by atoms with Crippen molar-refractivity contribution in [3.63, 3.8) is 0 Å². The van der Waals surface area contributed by atoms with Crippen molar-refractivity contribution in [1.29, 1.82) is 0 Å². The standard InChI is InChI=1S/C10H18O2Si/c1-8(10(11)12)7-13-9-5-3-2-4-6-9/h9H,1-7,13H2,(H,11,12). The minimum absolute atomic E-state index is 0.205. The van der Waals surface area contributed by atoms with Gasteiger partial charge >= 0.3 is 5.97 Å². The van der Waals surface area contributed by atoms with Crippen molar-refractivity contribution in [3.8, 4) is 0 Å². The van der Waals surface area contributed by atoms with E-state index in [1.54, 1.807) is 0 Å².